The number of halogens is 1. The second-order valence-corrected chi connectivity index (χ2v) is 7.26. The minimum Gasteiger partial charge on any atom is -0.459 e. The number of rotatable bonds is 6. The smallest absolute Gasteiger partial charge is 0.228 e. The van der Waals surface area contributed by atoms with Crippen molar-refractivity contribution in [1.82, 2.24) is 20.8 Å². The average Bonchev–Trinajstić information content (AvgIpc) is 3.40. The van der Waals surface area contributed by atoms with E-state index < -0.39 is 0 Å². The minimum atomic E-state index is -0.0403. The fourth-order valence-corrected chi connectivity index (χ4v) is 3.27. The van der Waals surface area contributed by atoms with Gasteiger partial charge >= 0.3 is 0 Å². The number of benzene rings is 2. The van der Waals surface area contributed by atoms with E-state index in [1.807, 2.05) is 49.4 Å². The molecular weight excluding hydrogens is 402 g/mol. The van der Waals surface area contributed by atoms with Crippen LogP contribution in [0, 0.1) is 0 Å². The largest absolute Gasteiger partial charge is 0.459 e. The highest BCUT2D eigenvalue weighted by Crippen LogP contribution is 2.23. The highest BCUT2D eigenvalue weighted by Gasteiger charge is 2.14. The predicted molar refractivity (Wildman–Crippen MR) is 118 cm³/mol. The zero-order valence-electron chi connectivity index (χ0n) is 16.7. The van der Waals surface area contributed by atoms with Crippen LogP contribution in [0.25, 0.3) is 22.4 Å². The summed E-state index contributed by atoms with van der Waals surface area (Å²) in [5.41, 5.74) is 1.69. The van der Waals surface area contributed by atoms with Crippen LogP contribution in [-0.2, 0) is 6.42 Å². The molecule has 0 aliphatic carbocycles. The third-order valence-corrected chi connectivity index (χ3v) is 4.87. The van der Waals surface area contributed by atoms with E-state index in [0.717, 1.165) is 22.3 Å². The van der Waals surface area contributed by atoms with E-state index in [0.29, 0.717) is 35.7 Å². The third kappa shape index (κ3) is 4.63. The normalized spacial score (nSPS) is 12.8. The van der Waals surface area contributed by atoms with Crippen LogP contribution in [0.15, 0.2) is 68.5 Å². The summed E-state index contributed by atoms with van der Waals surface area (Å²) < 4.78 is 11.3. The van der Waals surface area contributed by atoms with Gasteiger partial charge in [0.25, 0.3) is 0 Å². The minimum absolute atomic E-state index is 0.0403. The molecule has 0 aliphatic heterocycles. The van der Waals surface area contributed by atoms with Gasteiger partial charge in [-0.2, -0.15) is 4.98 Å². The topological polar surface area (TPSA) is 88.5 Å². The molecule has 7 nitrogen and oxygen atoms in total. The number of nitrogens with one attached hydrogen (secondary N) is 2. The zero-order chi connectivity index (χ0) is 20.9. The van der Waals surface area contributed by atoms with E-state index in [1.54, 1.807) is 19.2 Å². The monoisotopic (exact) mass is 423 g/mol. The first kappa shape index (κ1) is 20.0. The van der Waals surface area contributed by atoms with Gasteiger partial charge in [0.05, 0.1) is 6.04 Å². The standard InChI is InChI=1S/C22H22ClN5O2/c1-14(19-13-15-6-3-4-9-18(15)29-19)26-22(24-2)25-11-10-20-27-21(28-30-20)16-7-5-8-17(23)12-16/h3-9,12-14H,10-11H2,1-2H3,(H2,24,25,26). The lowest BCUT2D eigenvalue weighted by atomic mass is 10.2. The molecule has 0 saturated carbocycles. The molecule has 2 aromatic carbocycles. The van der Waals surface area contributed by atoms with Crippen molar-refractivity contribution in [3.05, 3.63) is 71.3 Å². The molecule has 4 rings (SSSR count). The van der Waals surface area contributed by atoms with Gasteiger partial charge in [-0.3, -0.25) is 4.99 Å². The van der Waals surface area contributed by atoms with Crippen LogP contribution in [0.5, 0.6) is 0 Å². The third-order valence-electron chi connectivity index (χ3n) is 4.63. The van der Waals surface area contributed by atoms with E-state index in [1.165, 1.54) is 0 Å². The first-order chi connectivity index (χ1) is 14.6. The van der Waals surface area contributed by atoms with Crippen molar-refractivity contribution >= 4 is 28.5 Å². The molecule has 154 valence electrons. The van der Waals surface area contributed by atoms with Gasteiger partial charge in [-0.1, -0.05) is 47.1 Å². The number of fused-ring (bicyclic) bond motifs is 1. The SMILES string of the molecule is CN=C(NCCc1nc(-c2cccc(Cl)c2)no1)NC(C)c1cc2ccccc2o1. The number of guanidine groups is 1. The zero-order valence-corrected chi connectivity index (χ0v) is 17.5. The molecule has 0 bridgehead atoms. The molecule has 2 N–H and O–H groups in total. The summed E-state index contributed by atoms with van der Waals surface area (Å²) in [6, 6.07) is 17.3. The predicted octanol–water partition coefficient (Wildman–Crippen LogP) is 4.60. The number of hydrogen-bond acceptors (Lipinski definition) is 5. The Morgan fingerprint density at radius 3 is 2.83 bits per heavy atom. The Balaban J connectivity index is 1.31. The van der Waals surface area contributed by atoms with Crippen LogP contribution in [-0.4, -0.2) is 29.7 Å². The highest BCUT2D eigenvalue weighted by atomic mass is 35.5. The van der Waals surface area contributed by atoms with E-state index >= 15 is 0 Å². The van der Waals surface area contributed by atoms with E-state index in [9.17, 15) is 0 Å². The second kappa shape index (κ2) is 9.00. The molecule has 0 saturated heterocycles. The Labute approximate surface area is 179 Å². The van der Waals surface area contributed by atoms with Gasteiger partial charge in [-0.15, -0.1) is 0 Å². The van der Waals surface area contributed by atoms with Crippen LogP contribution in [0.3, 0.4) is 0 Å². The fourth-order valence-electron chi connectivity index (χ4n) is 3.08. The van der Waals surface area contributed by atoms with Crippen LogP contribution >= 0.6 is 11.6 Å². The lowest BCUT2D eigenvalue weighted by molar-refractivity contribution is 0.378. The number of para-hydroxylation sites is 1. The first-order valence-corrected chi connectivity index (χ1v) is 10.0. The van der Waals surface area contributed by atoms with Crippen molar-refractivity contribution < 1.29 is 8.94 Å². The number of aromatic nitrogens is 2. The average molecular weight is 424 g/mol. The van der Waals surface area contributed by atoms with Crippen molar-refractivity contribution in [3.63, 3.8) is 0 Å². The van der Waals surface area contributed by atoms with E-state index in [2.05, 4.69) is 25.8 Å². The van der Waals surface area contributed by atoms with Gasteiger partial charge in [0, 0.05) is 36.0 Å². The molecule has 0 amide bonds. The van der Waals surface area contributed by atoms with Crippen LogP contribution in [0.2, 0.25) is 5.02 Å². The van der Waals surface area contributed by atoms with Crippen molar-refractivity contribution in [3.8, 4) is 11.4 Å². The van der Waals surface area contributed by atoms with Gasteiger partial charge in [0.1, 0.15) is 11.3 Å². The molecule has 0 fully saturated rings. The second-order valence-electron chi connectivity index (χ2n) is 6.82. The van der Waals surface area contributed by atoms with Gasteiger partial charge in [-0.25, -0.2) is 0 Å². The first-order valence-electron chi connectivity index (χ1n) is 9.66. The number of nitrogens with zero attached hydrogens (tertiary/aromatic N) is 3. The Morgan fingerprint density at radius 2 is 2.03 bits per heavy atom. The van der Waals surface area contributed by atoms with Crippen LogP contribution in [0.1, 0.15) is 24.6 Å². The summed E-state index contributed by atoms with van der Waals surface area (Å²) in [6.45, 7) is 2.61. The molecular formula is C22H22ClN5O2. The highest BCUT2D eigenvalue weighted by molar-refractivity contribution is 6.30. The Bertz CT molecular complexity index is 1130. The lowest BCUT2D eigenvalue weighted by Crippen LogP contribution is -2.39. The lowest BCUT2D eigenvalue weighted by Gasteiger charge is -2.15. The number of hydrogen-bond donors (Lipinski definition) is 2. The van der Waals surface area contributed by atoms with Gasteiger partial charge < -0.3 is 19.6 Å². The molecule has 4 aromatic rings. The molecule has 0 radical (unpaired) electrons. The van der Waals surface area contributed by atoms with Crippen molar-refractivity contribution in [1.29, 1.82) is 0 Å². The quantitative estimate of drug-likeness (QED) is 0.348. The molecule has 2 heterocycles. The summed E-state index contributed by atoms with van der Waals surface area (Å²) in [5.74, 6) is 2.58. The summed E-state index contributed by atoms with van der Waals surface area (Å²) in [5, 5.41) is 12.3. The Hall–Kier alpha value is -3.32. The molecule has 2 aromatic heterocycles. The Kier molecular flexibility index (Phi) is 5.99. The number of furan rings is 1. The van der Waals surface area contributed by atoms with Crippen LogP contribution < -0.4 is 10.6 Å². The molecule has 1 atom stereocenters. The summed E-state index contributed by atoms with van der Waals surface area (Å²) >= 11 is 6.02. The maximum atomic E-state index is 6.02. The summed E-state index contributed by atoms with van der Waals surface area (Å²) in [6.07, 6.45) is 0.563. The molecule has 0 spiro atoms. The van der Waals surface area contributed by atoms with Gasteiger partial charge in [0.2, 0.25) is 11.7 Å². The molecule has 1 unspecified atom stereocenters. The maximum Gasteiger partial charge on any atom is 0.228 e. The number of aliphatic imine (C=N–C) groups is 1. The fraction of sp³-hybridized carbons (Fsp3) is 0.227. The van der Waals surface area contributed by atoms with Gasteiger partial charge in [0.15, 0.2) is 5.96 Å². The maximum absolute atomic E-state index is 6.02. The van der Waals surface area contributed by atoms with E-state index in [4.69, 9.17) is 20.5 Å². The van der Waals surface area contributed by atoms with Gasteiger partial charge in [-0.05, 0) is 31.2 Å². The van der Waals surface area contributed by atoms with Crippen LogP contribution in [0.4, 0.5) is 0 Å². The Morgan fingerprint density at radius 1 is 1.17 bits per heavy atom. The van der Waals surface area contributed by atoms with E-state index in [-0.39, 0.29) is 6.04 Å². The molecule has 8 heteroatoms. The summed E-state index contributed by atoms with van der Waals surface area (Å²) in [7, 11) is 1.73. The molecule has 30 heavy (non-hydrogen) atoms. The van der Waals surface area contributed by atoms with Crippen molar-refractivity contribution in [2.24, 2.45) is 4.99 Å². The van der Waals surface area contributed by atoms with Crippen molar-refractivity contribution in [2.75, 3.05) is 13.6 Å². The summed E-state index contributed by atoms with van der Waals surface area (Å²) in [4.78, 5) is 8.70. The van der Waals surface area contributed by atoms with Crippen molar-refractivity contribution in [2.45, 2.75) is 19.4 Å². The molecule has 0 aliphatic rings.